The van der Waals surface area contributed by atoms with Gasteiger partial charge in [-0.05, 0) is 18.2 Å². The number of benzene rings is 2. The minimum Gasteiger partial charge on any atom is -0.289 e. The van der Waals surface area contributed by atoms with Gasteiger partial charge in [0.25, 0.3) is 5.91 Å². The van der Waals surface area contributed by atoms with Crippen molar-refractivity contribution in [3.05, 3.63) is 78.8 Å². The highest BCUT2D eigenvalue weighted by Gasteiger charge is 2.18. The molecule has 1 amide bonds. The van der Waals surface area contributed by atoms with E-state index in [1.807, 2.05) is 60.7 Å². The van der Waals surface area contributed by atoms with E-state index in [1.165, 1.54) is 6.33 Å². The predicted molar refractivity (Wildman–Crippen MR) is 93.3 cm³/mol. The fourth-order valence-corrected chi connectivity index (χ4v) is 2.50. The van der Waals surface area contributed by atoms with Gasteiger partial charge in [0.05, 0.1) is 11.4 Å². The number of hydrogen-bond donors (Lipinski definition) is 2. The largest absolute Gasteiger partial charge is 0.289 e. The molecule has 2 N–H and O–H groups in total. The monoisotopic (exact) mass is 330 g/mol. The summed E-state index contributed by atoms with van der Waals surface area (Å²) in [5.41, 5.74) is 2.85. The average Bonchev–Trinajstić information content (AvgIpc) is 3.33. The molecule has 0 aliphatic carbocycles. The van der Waals surface area contributed by atoms with Crippen molar-refractivity contribution in [3.8, 4) is 16.9 Å². The van der Waals surface area contributed by atoms with E-state index in [2.05, 4.69) is 25.6 Å². The Balaban J connectivity index is 1.78. The number of anilines is 1. The van der Waals surface area contributed by atoms with E-state index in [9.17, 15) is 4.79 Å². The lowest BCUT2D eigenvalue weighted by atomic mass is 10.1. The van der Waals surface area contributed by atoms with Gasteiger partial charge in [-0.15, -0.1) is 0 Å². The van der Waals surface area contributed by atoms with Crippen molar-refractivity contribution in [2.24, 2.45) is 0 Å². The summed E-state index contributed by atoms with van der Waals surface area (Å²) in [6, 6.07) is 21.0. The fourth-order valence-electron chi connectivity index (χ4n) is 2.50. The van der Waals surface area contributed by atoms with Crippen molar-refractivity contribution in [1.29, 1.82) is 0 Å². The highest BCUT2D eigenvalue weighted by atomic mass is 16.2. The number of aromatic nitrogens is 5. The summed E-state index contributed by atoms with van der Waals surface area (Å²) < 4.78 is 1.62. The van der Waals surface area contributed by atoms with Gasteiger partial charge in [0, 0.05) is 5.56 Å². The SMILES string of the molecule is O=C(Nc1ncn[nH]1)c1cc(-c2ccccc2)nn1-c1ccccc1. The number of carbonyl (C=O) groups is 1. The maximum Gasteiger partial charge on any atom is 0.276 e. The molecule has 25 heavy (non-hydrogen) atoms. The third kappa shape index (κ3) is 3.02. The van der Waals surface area contributed by atoms with Gasteiger partial charge in [-0.25, -0.2) is 9.78 Å². The highest BCUT2D eigenvalue weighted by molar-refractivity contribution is 6.03. The lowest BCUT2D eigenvalue weighted by Crippen LogP contribution is -2.17. The van der Waals surface area contributed by atoms with Crippen molar-refractivity contribution in [3.63, 3.8) is 0 Å². The van der Waals surface area contributed by atoms with Gasteiger partial charge in [0.1, 0.15) is 12.0 Å². The standard InChI is InChI=1S/C18H14N6O/c25-17(21-18-19-12-20-22-18)16-11-15(13-7-3-1-4-8-13)23-24(16)14-9-5-2-6-10-14/h1-12H,(H2,19,20,21,22,25). The number of para-hydroxylation sites is 1. The minimum absolute atomic E-state index is 0.284. The van der Waals surface area contributed by atoms with E-state index < -0.39 is 0 Å². The highest BCUT2D eigenvalue weighted by Crippen LogP contribution is 2.22. The third-order valence-electron chi connectivity index (χ3n) is 3.66. The molecular formula is C18H14N6O. The first-order chi connectivity index (χ1) is 12.3. The Labute approximate surface area is 143 Å². The van der Waals surface area contributed by atoms with Crippen LogP contribution in [-0.2, 0) is 0 Å². The van der Waals surface area contributed by atoms with Crippen molar-refractivity contribution >= 4 is 11.9 Å². The van der Waals surface area contributed by atoms with Gasteiger partial charge < -0.3 is 0 Å². The molecule has 0 aliphatic heterocycles. The van der Waals surface area contributed by atoms with Crippen LogP contribution < -0.4 is 5.32 Å². The maximum atomic E-state index is 12.7. The van der Waals surface area contributed by atoms with Gasteiger partial charge in [0.2, 0.25) is 5.95 Å². The number of carbonyl (C=O) groups excluding carboxylic acids is 1. The molecule has 2 aromatic heterocycles. The minimum atomic E-state index is -0.324. The number of hydrogen-bond acceptors (Lipinski definition) is 4. The lowest BCUT2D eigenvalue weighted by molar-refractivity contribution is 0.101. The van der Waals surface area contributed by atoms with Crippen LogP contribution in [0, 0.1) is 0 Å². The second-order valence-electron chi connectivity index (χ2n) is 5.32. The first-order valence-electron chi connectivity index (χ1n) is 7.69. The summed E-state index contributed by atoms with van der Waals surface area (Å²) in [5.74, 6) is -0.0395. The Morgan fingerprint density at radius 3 is 2.40 bits per heavy atom. The van der Waals surface area contributed by atoms with Crippen LogP contribution in [0.1, 0.15) is 10.5 Å². The van der Waals surface area contributed by atoms with Crippen molar-refractivity contribution < 1.29 is 4.79 Å². The number of nitrogens with one attached hydrogen (secondary N) is 2. The maximum absolute atomic E-state index is 12.7. The molecule has 122 valence electrons. The topological polar surface area (TPSA) is 88.5 Å². The number of amides is 1. The molecule has 0 saturated carbocycles. The molecule has 0 spiro atoms. The van der Waals surface area contributed by atoms with Crippen LogP contribution in [0.4, 0.5) is 5.95 Å². The second-order valence-corrected chi connectivity index (χ2v) is 5.32. The van der Waals surface area contributed by atoms with Gasteiger partial charge in [-0.2, -0.15) is 15.2 Å². The van der Waals surface area contributed by atoms with E-state index in [4.69, 9.17) is 0 Å². The average molecular weight is 330 g/mol. The smallest absolute Gasteiger partial charge is 0.276 e. The zero-order valence-corrected chi connectivity index (χ0v) is 13.1. The summed E-state index contributed by atoms with van der Waals surface area (Å²) in [4.78, 5) is 16.6. The molecule has 4 aromatic rings. The van der Waals surface area contributed by atoms with E-state index >= 15 is 0 Å². The normalized spacial score (nSPS) is 10.6. The van der Waals surface area contributed by atoms with Gasteiger partial charge in [0.15, 0.2) is 0 Å². The van der Waals surface area contributed by atoms with E-state index in [1.54, 1.807) is 10.7 Å². The zero-order valence-electron chi connectivity index (χ0n) is 13.1. The summed E-state index contributed by atoms with van der Waals surface area (Å²) >= 11 is 0. The Kier molecular flexibility index (Phi) is 3.80. The van der Waals surface area contributed by atoms with Crippen LogP contribution in [-0.4, -0.2) is 30.9 Å². The molecule has 4 rings (SSSR count). The number of nitrogens with zero attached hydrogens (tertiary/aromatic N) is 4. The van der Waals surface area contributed by atoms with E-state index in [0.717, 1.165) is 11.3 Å². The summed E-state index contributed by atoms with van der Waals surface area (Å²) in [7, 11) is 0. The van der Waals surface area contributed by atoms with Crippen LogP contribution in [0.2, 0.25) is 0 Å². The first-order valence-corrected chi connectivity index (χ1v) is 7.69. The van der Waals surface area contributed by atoms with Crippen LogP contribution in [0.25, 0.3) is 16.9 Å². The van der Waals surface area contributed by atoms with Gasteiger partial charge in [-0.1, -0.05) is 48.5 Å². The Bertz CT molecular complexity index is 977. The van der Waals surface area contributed by atoms with Crippen molar-refractivity contribution in [1.82, 2.24) is 25.0 Å². The van der Waals surface area contributed by atoms with Crippen LogP contribution in [0.5, 0.6) is 0 Å². The summed E-state index contributed by atoms with van der Waals surface area (Å²) in [6.07, 6.45) is 1.33. The Morgan fingerprint density at radius 1 is 1.00 bits per heavy atom. The molecule has 0 saturated heterocycles. The Hall–Kier alpha value is -3.74. The van der Waals surface area contributed by atoms with Crippen LogP contribution >= 0.6 is 0 Å². The molecule has 0 atom stereocenters. The molecule has 0 bridgehead atoms. The molecule has 0 radical (unpaired) electrons. The van der Waals surface area contributed by atoms with E-state index in [-0.39, 0.29) is 11.9 Å². The molecule has 7 nitrogen and oxygen atoms in total. The van der Waals surface area contributed by atoms with Crippen LogP contribution in [0.15, 0.2) is 73.1 Å². The molecule has 0 fully saturated rings. The number of rotatable bonds is 4. The molecule has 2 aromatic carbocycles. The summed E-state index contributed by atoms with van der Waals surface area (Å²) in [5, 5.41) is 13.6. The molecule has 7 heteroatoms. The third-order valence-corrected chi connectivity index (χ3v) is 3.66. The lowest BCUT2D eigenvalue weighted by Gasteiger charge is -2.06. The zero-order chi connectivity index (χ0) is 17.1. The first kappa shape index (κ1) is 14.8. The number of aromatic amines is 1. The molecule has 0 unspecified atom stereocenters. The van der Waals surface area contributed by atoms with Gasteiger partial charge in [-0.3, -0.25) is 10.1 Å². The quantitative estimate of drug-likeness (QED) is 0.602. The number of H-pyrrole nitrogens is 1. The predicted octanol–water partition coefficient (Wildman–Crippen LogP) is 2.91. The second kappa shape index (κ2) is 6.40. The molecular weight excluding hydrogens is 316 g/mol. The fraction of sp³-hybridized carbons (Fsp3) is 0. The molecule has 2 heterocycles. The molecule has 0 aliphatic rings. The van der Waals surface area contributed by atoms with Crippen molar-refractivity contribution in [2.75, 3.05) is 5.32 Å². The van der Waals surface area contributed by atoms with Crippen LogP contribution in [0.3, 0.4) is 0 Å². The summed E-state index contributed by atoms with van der Waals surface area (Å²) in [6.45, 7) is 0. The Morgan fingerprint density at radius 2 is 1.72 bits per heavy atom. The van der Waals surface area contributed by atoms with Gasteiger partial charge >= 0.3 is 0 Å². The van der Waals surface area contributed by atoms with E-state index in [0.29, 0.717) is 11.4 Å². The van der Waals surface area contributed by atoms with Crippen molar-refractivity contribution in [2.45, 2.75) is 0 Å².